The summed E-state index contributed by atoms with van der Waals surface area (Å²) in [6, 6.07) is 4.30. The van der Waals surface area contributed by atoms with Crippen LogP contribution in [0.5, 0.6) is 11.5 Å². The normalized spacial score (nSPS) is 16.1. The van der Waals surface area contributed by atoms with Crippen LogP contribution in [0.2, 0.25) is 0 Å². The highest BCUT2D eigenvalue weighted by atomic mass is 16.5. The Labute approximate surface area is 124 Å². The van der Waals surface area contributed by atoms with Crippen LogP contribution >= 0.6 is 0 Å². The number of amides is 1. The van der Waals surface area contributed by atoms with E-state index in [2.05, 4.69) is 0 Å². The molecule has 0 radical (unpaired) electrons. The molecular weight excluding hydrogens is 272 g/mol. The third-order valence-electron chi connectivity index (χ3n) is 3.67. The Morgan fingerprint density at radius 1 is 1.29 bits per heavy atom. The van der Waals surface area contributed by atoms with Crippen LogP contribution in [0.25, 0.3) is 0 Å². The molecule has 1 amide bonds. The number of ether oxygens (including phenoxy) is 1. The van der Waals surface area contributed by atoms with Gasteiger partial charge in [-0.15, -0.1) is 0 Å². The summed E-state index contributed by atoms with van der Waals surface area (Å²) in [5.41, 5.74) is 5.39. The smallest absolute Gasteiger partial charge is 0.261 e. The summed E-state index contributed by atoms with van der Waals surface area (Å²) in [7, 11) is 0. The number of phenolic OH excluding ortho intramolecular Hbond substituents is 2. The first-order valence-corrected chi connectivity index (χ1v) is 7.25. The molecule has 1 heterocycles. The van der Waals surface area contributed by atoms with Gasteiger partial charge in [-0.1, -0.05) is 6.07 Å². The first-order valence-electron chi connectivity index (χ1n) is 7.25. The topological polar surface area (TPSA) is 96.0 Å². The van der Waals surface area contributed by atoms with E-state index in [1.807, 2.05) is 0 Å². The Hall–Kier alpha value is -1.79. The van der Waals surface area contributed by atoms with Crippen molar-refractivity contribution in [3.05, 3.63) is 23.8 Å². The lowest BCUT2D eigenvalue weighted by molar-refractivity contribution is 0.00832. The predicted molar refractivity (Wildman–Crippen MR) is 78.3 cm³/mol. The zero-order valence-corrected chi connectivity index (χ0v) is 12.0. The van der Waals surface area contributed by atoms with Crippen LogP contribution in [0, 0.1) is 0 Å². The number of nitrogens with zero attached hydrogens (tertiary/aromatic N) is 1. The molecule has 1 saturated heterocycles. The first kappa shape index (κ1) is 15.6. The van der Waals surface area contributed by atoms with Gasteiger partial charge >= 0.3 is 0 Å². The second-order valence-corrected chi connectivity index (χ2v) is 5.18. The molecule has 0 saturated carbocycles. The van der Waals surface area contributed by atoms with Crippen molar-refractivity contribution < 1.29 is 19.7 Å². The fraction of sp³-hybridized carbons (Fsp3) is 0.533. The van der Waals surface area contributed by atoms with Crippen molar-refractivity contribution >= 4 is 5.91 Å². The summed E-state index contributed by atoms with van der Waals surface area (Å²) in [5, 5.41) is 19.5. The average molecular weight is 294 g/mol. The number of hydrogen-bond acceptors (Lipinski definition) is 5. The minimum atomic E-state index is -0.342. The van der Waals surface area contributed by atoms with Crippen LogP contribution in [-0.4, -0.2) is 53.4 Å². The number of phenols is 2. The van der Waals surface area contributed by atoms with E-state index in [0.717, 1.165) is 19.3 Å². The molecule has 0 spiro atoms. The lowest BCUT2D eigenvalue weighted by Gasteiger charge is -2.32. The molecule has 2 rings (SSSR count). The van der Waals surface area contributed by atoms with Gasteiger partial charge in [0, 0.05) is 19.7 Å². The molecule has 116 valence electrons. The summed E-state index contributed by atoms with van der Waals surface area (Å²) < 4.78 is 5.69. The molecular formula is C15H22N2O4. The highest BCUT2D eigenvalue weighted by Crippen LogP contribution is 2.28. The van der Waals surface area contributed by atoms with Crippen molar-refractivity contribution in [2.75, 3.05) is 26.2 Å². The van der Waals surface area contributed by atoms with E-state index in [-0.39, 0.29) is 29.1 Å². The molecule has 1 aliphatic heterocycles. The number of nitrogens with two attached hydrogens (primary N) is 1. The highest BCUT2D eigenvalue weighted by molar-refractivity contribution is 5.99. The van der Waals surface area contributed by atoms with Crippen molar-refractivity contribution in [1.82, 2.24) is 4.90 Å². The fourth-order valence-corrected chi connectivity index (χ4v) is 2.46. The van der Waals surface area contributed by atoms with E-state index in [1.54, 1.807) is 4.90 Å². The minimum Gasteiger partial charge on any atom is -0.507 e. The summed E-state index contributed by atoms with van der Waals surface area (Å²) in [6.45, 7) is 2.37. The van der Waals surface area contributed by atoms with Gasteiger partial charge in [0.25, 0.3) is 5.91 Å². The molecule has 1 aromatic rings. The third-order valence-corrected chi connectivity index (χ3v) is 3.67. The molecule has 0 aromatic heterocycles. The van der Waals surface area contributed by atoms with Crippen molar-refractivity contribution in [3.63, 3.8) is 0 Å². The zero-order valence-electron chi connectivity index (χ0n) is 12.0. The lowest BCUT2D eigenvalue weighted by atomic mass is 10.1. The average Bonchev–Trinajstić information content (AvgIpc) is 2.48. The van der Waals surface area contributed by atoms with Gasteiger partial charge in [-0.05, 0) is 37.9 Å². The molecule has 4 N–H and O–H groups in total. The highest BCUT2D eigenvalue weighted by Gasteiger charge is 2.27. The van der Waals surface area contributed by atoms with E-state index < -0.39 is 0 Å². The van der Waals surface area contributed by atoms with Crippen LogP contribution < -0.4 is 5.73 Å². The van der Waals surface area contributed by atoms with Crippen LogP contribution in [0.1, 0.15) is 29.6 Å². The number of carbonyl (C=O) groups excluding carboxylic acids is 1. The molecule has 0 unspecified atom stereocenters. The molecule has 0 bridgehead atoms. The molecule has 1 aromatic carbocycles. The summed E-state index contributed by atoms with van der Waals surface area (Å²) in [6.07, 6.45) is 2.50. The Balaban J connectivity index is 1.91. The van der Waals surface area contributed by atoms with Crippen molar-refractivity contribution in [1.29, 1.82) is 0 Å². The SMILES string of the molecule is NCCCOC1CCN(C(=O)c2c(O)cccc2O)CC1. The number of benzene rings is 1. The monoisotopic (exact) mass is 294 g/mol. The van der Waals surface area contributed by atoms with Crippen LogP contribution in [0.3, 0.4) is 0 Å². The quantitative estimate of drug-likeness (QED) is 0.706. The molecule has 1 aliphatic rings. The maximum absolute atomic E-state index is 12.4. The van der Waals surface area contributed by atoms with Crippen LogP contribution in [0.4, 0.5) is 0 Å². The molecule has 0 aliphatic carbocycles. The summed E-state index contributed by atoms with van der Waals surface area (Å²) in [5.74, 6) is -0.728. The van der Waals surface area contributed by atoms with Gasteiger partial charge in [0.15, 0.2) is 0 Å². The van der Waals surface area contributed by atoms with E-state index in [4.69, 9.17) is 10.5 Å². The van der Waals surface area contributed by atoms with Gasteiger partial charge in [-0.25, -0.2) is 0 Å². The van der Waals surface area contributed by atoms with E-state index in [9.17, 15) is 15.0 Å². The Bertz CT molecular complexity index is 464. The van der Waals surface area contributed by atoms with Gasteiger partial charge in [-0.3, -0.25) is 4.79 Å². The van der Waals surface area contributed by atoms with E-state index in [0.29, 0.717) is 26.2 Å². The standard InChI is InChI=1S/C15H22N2O4/c16-7-2-10-21-11-5-8-17(9-6-11)15(20)14-12(18)3-1-4-13(14)19/h1,3-4,11,18-19H,2,5-10,16H2. The predicted octanol–water partition coefficient (Wildman–Crippen LogP) is 1.07. The Kier molecular flexibility index (Phi) is 5.41. The number of rotatable bonds is 5. The van der Waals surface area contributed by atoms with Gasteiger partial charge in [0.2, 0.25) is 0 Å². The number of piperidine rings is 1. The Morgan fingerprint density at radius 3 is 2.48 bits per heavy atom. The fourth-order valence-electron chi connectivity index (χ4n) is 2.46. The van der Waals surface area contributed by atoms with Gasteiger partial charge in [-0.2, -0.15) is 0 Å². The molecule has 21 heavy (non-hydrogen) atoms. The van der Waals surface area contributed by atoms with Crippen molar-refractivity contribution in [2.24, 2.45) is 5.73 Å². The largest absolute Gasteiger partial charge is 0.507 e. The maximum atomic E-state index is 12.4. The third kappa shape index (κ3) is 3.86. The lowest BCUT2D eigenvalue weighted by Crippen LogP contribution is -2.41. The molecule has 0 atom stereocenters. The van der Waals surface area contributed by atoms with Gasteiger partial charge in [0.05, 0.1) is 6.10 Å². The molecule has 1 fully saturated rings. The number of hydrogen-bond donors (Lipinski definition) is 3. The zero-order chi connectivity index (χ0) is 15.2. The summed E-state index contributed by atoms with van der Waals surface area (Å²) in [4.78, 5) is 14.0. The van der Waals surface area contributed by atoms with Crippen molar-refractivity contribution in [2.45, 2.75) is 25.4 Å². The number of aromatic hydroxyl groups is 2. The van der Waals surface area contributed by atoms with Gasteiger partial charge < -0.3 is 25.6 Å². The minimum absolute atomic E-state index is 0.0278. The van der Waals surface area contributed by atoms with E-state index >= 15 is 0 Å². The summed E-state index contributed by atoms with van der Waals surface area (Å²) >= 11 is 0. The second kappa shape index (κ2) is 7.28. The number of carbonyl (C=O) groups is 1. The Morgan fingerprint density at radius 2 is 1.90 bits per heavy atom. The van der Waals surface area contributed by atoms with Crippen molar-refractivity contribution in [3.8, 4) is 11.5 Å². The first-order chi connectivity index (χ1) is 10.1. The van der Waals surface area contributed by atoms with Crippen LogP contribution in [0.15, 0.2) is 18.2 Å². The number of likely N-dealkylation sites (tertiary alicyclic amines) is 1. The van der Waals surface area contributed by atoms with E-state index in [1.165, 1.54) is 18.2 Å². The van der Waals surface area contributed by atoms with Gasteiger partial charge in [0.1, 0.15) is 17.1 Å². The second-order valence-electron chi connectivity index (χ2n) is 5.18. The molecule has 6 heteroatoms. The van der Waals surface area contributed by atoms with Crippen LogP contribution in [-0.2, 0) is 4.74 Å². The molecule has 6 nitrogen and oxygen atoms in total. The maximum Gasteiger partial charge on any atom is 0.261 e.